The van der Waals surface area contributed by atoms with Gasteiger partial charge in [-0.25, -0.2) is 0 Å². The van der Waals surface area contributed by atoms with Crippen molar-refractivity contribution >= 4 is 11.8 Å². The molecule has 172 valence electrons. The lowest BCUT2D eigenvalue weighted by atomic mass is 10.00. The molecule has 2 fully saturated rings. The number of carbonyl (C=O) groups excluding carboxylic acids is 2. The van der Waals surface area contributed by atoms with Gasteiger partial charge in [-0.15, -0.1) is 0 Å². The minimum Gasteiger partial charge on any atom is -0.490 e. The van der Waals surface area contributed by atoms with E-state index in [1.807, 2.05) is 50.3 Å². The molecule has 2 aliphatic heterocycles. The van der Waals surface area contributed by atoms with Crippen LogP contribution in [0.2, 0.25) is 0 Å². The molecule has 0 spiro atoms. The van der Waals surface area contributed by atoms with Crippen LogP contribution in [0, 0.1) is 0 Å². The minimum atomic E-state index is 0.00400. The second-order valence-corrected chi connectivity index (χ2v) is 9.19. The molecule has 1 aromatic carbocycles. The number of piperidine rings is 2. The molecule has 2 amide bonds. The molecule has 0 aliphatic carbocycles. The predicted molar refractivity (Wildman–Crippen MR) is 122 cm³/mol. The Labute approximate surface area is 186 Å². The van der Waals surface area contributed by atoms with Gasteiger partial charge in [0.05, 0.1) is 6.04 Å². The molecule has 31 heavy (non-hydrogen) atoms. The van der Waals surface area contributed by atoms with Crippen molar-refractivity contribution in [2.24, 2.45) is 0 Å². The van der Waals surface area contributed by atoms with Gasteiger partial charge in [0.15, 0.2) is 0 Å². The van der Waals surface area contributed by atoms with Crippen LogP contribution in [0.1, 0.15) is 42.5 Å². The van der Waals surface area contributed by atoms with Gasteiger partial charge in [-0.05, 0) is 58.7 Å². The maximum atomic E-state index is 12.9. The Morgan fingerprint density at radius 3 is 2.45 bits per heavy atom. The first kappa shape index (κ1) is 23.5. The number of nitrogens with zero attached hydrogens (tertiary/aromatic N) is 4. The minimum absolute atomic E-state index is 0.00400. The molecule has 0 radical (unpaired) electrons. The van der Waals surface area contributed by atoms with Crippen LogP contribution in [-0.4, -0.2) is 104 Å². The zero-order valence-electron chi connectivity index (χ0n) is 19.5. The molecule has 0 aromatic heterocycles. The highest BCUT2D eigenvalue weighted by Crippen LogP contribution is 2.23. The van der Waals surface area contributed by atoms with Crippen molar-refractivity contribution in [2.75, 3.05) is 60.9 Å². The zero-order chi connectivity index (χ0) is 22.4. The van der Waals surface area contributed by atoms with Gasteiger partial charge in [-0.3, -0.25) is 14.5 Å². The summed E-state index contributed by atoms with van der Waals surface area (Å²) in [5.74, 6) is 1.00. The molecule has 0 saturated carbocycles. The highest BCUT2D eigenvalue weighted by atomic mass is 16.5. The van der Waals surface area contributed by atoms with Crippen LogP contribution >= 0.6 is 0 Å². The fraction of sp³-hybridized carbons (Fsp3) is 0.667. The summed E-state index contributed by atoms with van der Waals surface area (Å²) in [6, 6.07) is 7.50. The first-order valence-corrected chi connectivity index (χ1v) is 11.5. The largest absolute Gasteiger partial charge is 0.490 e. The van der Waals surface area contributed by atoms with E-state index in [0.717, 1.165) is 57.6 Å². The van der Waals surface area contributed by atoms with Gasteiger partial charge >= 0.3 is 0 Å². The summed E-state index contributed by atoms with van der Waals surface area (Å²) in [5.41, 5.74) is 0.645. The van der Waals surface area contributed by atoms with Gasteiger partial charge in [-0.2, -0.15) is 0 Å². The number of hydrogen-bond acceptors (Lipinski definition) is 5. The number of rotatable bonds is 7. The third-order valence-electron chi connectivity index (χ3n) is 6.42. The zero-order valence-corrected chi connectivity index (χ0v) is 19.5. The van der Waals surface area contributed by atoms with Gasteiger partial charge in [0, 0.05) is 51.6 Å². The summed E-state index contributed by atoms with van der Waals surface area (Å²) >= 11 is 0. The molecule has 1 aromatic rings. The monoisotopic (exact) mass is 430 g/mol. The number of hydrogen-bond donors (Lipinski definition) is 0. The number of amides is 2. The van der Waals surface area contributed by atoms with Crippen LogP contribution in [0.5, 0.6) is 5.75 Å². The Kier molecular flexibility index (Phi) is 8.32. The van der Waals surface area contributed by atoms with E-state index in [9.17, 15) is 9.59 Å². The summed E-state index contributed by atoms with van der Waals surface area (Å²) in [7, 11) is 7.89. The smallest absolute Gasteiger partial charge is 0.253 e. The van der Waals surface area contributed by atoms with Gasteiger partial charge in [0.1, 0.15) is 11.9 Å². The molecular formula is C24H38N4O3. The molecule has 0 N–H and O–H groups in total. The summed E-state index contributed by atoms with van der Waals surface area (Å²) < 4.78 is 6.19. The molecule has 1 atom stereocenters. The van der Waals surface area contributed by atoms with E-state index in [1.165, 1.54) is 6.42 Å². The van der Waals surface area contributed by atoms with E-state index < -0.39 is 0 Å². The Morgan fingerprint density at radius 2 is 1.77 bits per heavy atom. The second kappa shape index (κ2) is 11.0. The Balaban J connectivity index is 1.51. The Hall–Kier alpha value is -2.12. The van der Waals surface area contributed by atoms with Gasteiger partial charge in [-0.1, -0.05) is 12.5 Å². The molecule has 2 heterocycles. The average molecular weight is 431 g/mol. The first-order valence-electron chi connectivity index (χ1n) is 11.5. The summed E-state index contributed by atoms with van der Waals surface area (Å²) in [6.07, 6.45) is 5.01. The molecule has 3 rings (SSSR count). The van der Waals surface area contributed by atoms with Crippen LogP contribution in [0.15, 0.2) is 24.3 Å². The van der Waals surface area contributed by atoms with Crippen molar-refractivity contribution in [1.29, 1.82) is 0 Å². The van der Waals surface area contributed by atoms with E-state index in [0.29, 0.717) is 12.1 Å². The first-order chi connectivity index (χ1) is 14.8. The standard InChI is InChI=1S/C24H38N4O3/c1-25(2)16-17-27(4)23(29)19-8-7-9-21(18-19)31-20-11-14-28(15-12-20)24(30)22-10-5-6-13-26(22)3/h7-9,18,20,22H,5-6,10-17H2,1-4H3/t22-/m1/s1. The van der Waals surface area contributed by atoms with Crippen LogP contribution in [0.4, 0.5) is 0 Å². The maximum absolute atomic E-state index is 12.9. The Bertz CT molecular complexity index is 746. The van der Waals surface area contributed by atoms with Crippen molar-refractivity contribution in [3.63, 3.8) is 0 Å². The topological polar surface area (TPSA) is 56.3 Å². The van der Waals surface area contributed by atoms with Crippen LogP contribution in [0.25, 0.3) is 0 Å². The number of carbonyl (C=O) groups is 2. The van der Waals surface area contributed by atoms with Gasteiger partial charge in [0.2, 0.25) is 5.91 Å². The van der Waals surface area contributed by atoms with Crippen molar-refractivity contribution < 1.29 is 14.3 Å². The molecule has 0 bridgehead atoms. The average Bonchev–Trinajstić information content (AvgIpc) is 2.77. The van der Waals surface area contributed by atoms with Gasteiger partial charge < -0.3 is 19.4 Å². The maximum Gasteiger partial charge on any atom is 0.253 e. The molecule has 7 heteroatoms. The van der Waals surface area contributed by atoms with E-state index in [2.05, 4.69) is 16.8 Å². The van der Waals surface area contributed by atoms with E-state index in [4.69, 9.17) is 4.74 Å². The van der Waals surface area contributed by atoms with Crippen molar-refractivity contribution in [2.45, 2.75) is 44.2 Å². The second-order valence-electron chi connectivity index (χ2n) is 9.19. The molecule has 7 nitrogen and oxygen atoms in total. The lowest BCUT2D eigenvalue weighted by Crippen LogP contribution is -2.52. The van der Waals surface area contributed by atoms with E-state index in [-0.39, 0.29) is 24.0 Å². The van der Waals surface area contributed by atoms with Crippen molar-refractivity contribution in [3.05, 3.63) is 29.8 Å². The molecule has 2 aliphatic rings. The summed E-state index contributed by atoms with van der Waals surface area (Å²) in [4.78, 5) is 33.6. The quantitative estimate of drug-likeness (QED) is 0.664. The number of likely N-dealkylation sites (N-methyl/N-ethyl adjacent to an activating group) is 3. The number of likely N-dealkylation sites (tertiary alicyclic amines) is 2. The highest BCUT2D eigenvalue weighted by Gasteiger charge is 2.32. The normalized spacial score (nSPS) is 20.7. The Morgan fingerprint density at radius 1 is 1.03 bits per heavy atom. The fourth-order valence-corrected chi connectivity index (χ4v) is 4.36. The van der Waals surface area contributed by atoms with Gasteiger partial charge in [0.25, 0.3) is 5.91 Å². The lowest BCUT2D eigenvalue weighted by Gasteiger charge is -2.38. The summed E-state index contributed by atoms with van der Waals surface area (Å²) in [6.45, 7) is 3.99. The SMILES string of the molecule is CN(C)CCN(C)C(=O)c1cccc(OC2CCN(C(=O)[C@H]3CCCCN3C)CC2)c1. The van der Waals surface area contributed by atoms with Crippen LogP contribution in [0.3, 0.4) is 0 Å². The molecular weight excluding hydrogens is 392 g/mol. The van der Waals surface area contributed by atoms with E-state index >= 15 is 0 Å². The third-order valence-corrected chi connectivity index (χ3v) is 6.42. The number of benzene rings is 1. The lowest BCUT2D eigenvalue weighted by molar-refractivity contribution is -0.139. The van der Waals surface area contributed by atoms with Crippen LogP contribution in [-0.2, 0) is 4.79 Å². The van der Waals surface area contributed by atoms with Crippen molar-refractivity contribution in [1.82, 2.24) is 19.6 Å². The molecule has 2 saturated heterocycles. The third kappa shape index (κ3) is 6.43. The van der Waals surface area contributed by atoms with E-state index in [1.54, 1.807) is 4.90 Å². The highest BCUT2D eigenvalue weighted by molar-refractivity contribution is 5.94. The van der Waals surface area contributed by atoms with Crippen molar-refractivity contribution in [3.8, 4) is 5.75 Å². The summed E-state index contributed by atoms with van der Waals surface area (Å²) in [5, 5.41) is 0. The molecule has 0 unspecified atom stereocenters. The predicted octanol–water partition coefficient (Wildman–Crippen LogP) is 2.17. The number of ether oxygens (including phenoxy) is 1. The van der Waals surface area contributed by atoms with Crippen LogP contribution < -0.4 is 4.74 Å². The fourth-order valence-electron chi connectivity index (χ4n) is 4.36.